The largest absolute Gasteiger partial charge is 0.381 e. The maximum Gasteiger partial charge on any atom is 0.191 e. The molecule has 150 valence electrons. The number of hydrogen-bond acceptors (Lipinski definition) is 3. The summed E-state index contributed by atoms with van der Waals surface area (Å²) in [6, 6.07) is 10.4. The quantitative estimate of drug-likeness (QED) is 0.220. The molecule has 1 fully saturated rings. The van der Waals surface area contributed by atoms with Crippen LogP contribution in [0.2, 0.25) is 0 Å². The minimum absolute atomic E-state index is 0. The second kappa shape index (κ2) is 12.2. The lowest BCUT2D eigenvalue weighted by atomic mass is 10.1. The van der Waals surface area contributed by atoms with Crippen molar-refractivity contribution in [2.75, 3.05) is 39.5 Å². The Balaban J connectivity index is 0.00000261. The van der Waals surface area contributed by atoms with Crippen LogP contribution in [0.15, 0.2) is 35.3 Å². The summed E-state index contributed by atoms with van der Waals surface area (Å²) in [5, 5.41) is 7.89. The lowest BCUT2D eigenvalue weighted by Crippen LogP contribution is -2.38. The van der Waals surface area contributed by atoms with Crippen LogP contribution in [0.3, 0.4) is 0 Å². The highest BCUT2D eigenvalue weighted by molar-refractivity contribution is 14.0. The van der Waals surface area contributed by atoms with Gasteiger partial charge in [0, 0.05) is 43.4 Å². The molecule has 6 nitrogen and oxygen atoms in total. The highest BCUT2D eigenvalue weighted by Gasteiger charge is 2.15. The molecular formula is C20H31IN4O2. The molecule has 3 rings (SSSR count). The number of fused-ring (bicyclic) bond motifs is 1. The maximum absolute atomic E-state index is 5.74. The topological polar surface area (TPSA) is 70.7 Å². The summed E-state index contributed by atoms with van der Waals surface area (Å²) in [6.45, 7) is 7.71. The first-order valence-corrected chi connectivity index (χ1v) is 9.59. The molecule has 1 saturated heterocycles. The standard InChI is InChI=1S/C20H30N4O2.HI/c1-2-21-20(22-9-5-10-25-14-16-8-11-26-15-16)23-13-18-12-17-6-3-4-7-19(17)24-18;/h3-4,6-7,12,16,24H,2,5,8-11,13-15H2,1H3,(H2,21,22,23);1H. The third kappa shape index (κ3) is 7.31. The van der Waals surface area contributed by atoms with Crippen molar-refractivity contribution in [2.45, 2.75) is 26.3 Å². The van der Waals surface area contributed by atoms with E-state index in [1.807, 2.05) is 6.07 Å². The van der Waals surface area contributed by atoms with Gasteiger partial charge in [-0.2, -0.15) is 0 Å². The van der Waals surface area contributed by atoms with Crippen LogP contribution < -0.4 is 10.6 Å². The first-order valence-electron chi connectivity index (χ1n) is 9.59. The Bertz CT molecular complexity index is 665. The molecule has 1 atom stereocenters. The van der Waals surface area contributed by atoms with Crippen molar-refractivity contribution in [3.63, 3.8) is 0 Å². The van der Waals surface area contributed by atoms with Gasteiger partial charge in [0.1, 0.15) is 0 Å². The second-order valence-corrected chi connectivity index (χ2v) is 6.66. The van der Waals surface area contributed by atoms with Crippen molar-refractivity contribution in [2.24, 2.45) is 10.9 Å². The number of H-pyrrole nitrogens is 1. The average molecular weight is 486 g/mol. The van der Waals surface area contributed by atoms with E-state index in [0.29, 0.717) is 12.5 Å². The molecule has 2 heterocycles. The molecule has 1 aliphatic heterocycles. The molecule has 0 amide bonds. The van der Waals surface area contributed by atoms with Gasteiger partial charge in [-0.05, 0) is 37.3 Å². The molecule has 0 radical (unpaired) electrons. The highest BCUT2D eigenvalue weighted by atomic mass is 127. The molecule has 1 aliphatic rings. The number of ether oxygens (including phenoxy) is 2. The Hall–Kier alpha value is -1.32. The van der Waals surface area contributed by atoms with Gasteiger partial charge in [0.15, 0.2) is 5.96 Å². The Morgan fingerprint density at radius 2 is 2.22 bits per heavy atom. The van der Waals surface area contributed by atoms with Gasteiger partial charge in [-0.3, -0.25) is 0 Å². The van der Waals surface area contributed by atoms with Crippen LogP contribution in [0.5, 0.6) is 0 Å². The second-order valence-electron chi connectivity index (χ2n) is 6.66. The van der Waals surface area contributed by atoms with E-state index in [-0.39, 0.29) is 24.0 Å². The molecule has 1 unspecified atom stereocenters. The zero-order valence-corrected chi connectivity index (χ0v) is 18.3. The molecule has 1 aromatic carbocycles. The van der Waals surface area contributed by atoms with Gasteiger partial charge in [-0.15, -0.1) is 24.0 Å². The van der Waals surface area contributed by atoms with Gasteiger partial charge >= 0.3 is 0 Å². The average Bonchev–Trinajstić information content (AvgIpc) is 3.31. The van der Waals surface area contributed by atoms with E-state index in [2.05, 4.69) is 51.8 Å². The van der Waals surface area contributed by atoms with Crippen LogP contribution in [-0.4, -0.2) is 50.5 Å². The van der Waals surface area contributed by atoms with E-state index >= 15 is 0 Å². The van der Waals surface area contributed by atoms with E-state index in [0.717, 1.165) is 69.5 Å². The number of aromatic nitrogens is 1. The summed E-state index contributed by atoms with van der Waals surface area (Å²) in [6.07, 6.45) is 2.09. The van der Waals surface area contributed by atoms with Crippen LogP contribution in [0.4, 0.5) is 0 Å². The number of halogens is 1. The number of aliphatic imine (C=N–C) groups is 1. The van der Waals surface area contributed by atoms with Crippen LogP contribution >= 0.6 is 24.0 Å². The van der Waals surface area contributed by atoms with Crippen molar-refractivity contribution in [3.8, 4) is 0 Å². The summed E-state index contributed by atoms with van der Waals surface area (Å²) >= 11 is 0. The monoisotopic (exact) mass is 486 g/mol. The predicted molar refractivity (Wildman–Crippen MR) is 121 cm³/mol. The smallest absolute Gasteiger partial charge is 0.191 e. The van der Waals surface area contributed by atoms with Crippen LogP contribution in [-0.2, 0) is 16.0 Å². The Labute approximate surface area is 178 Å². The molecule has 1 aromatic heterocycles. The van der Waals surface area contributed by atoms with E-state index in [1.165, 1.54) is 5.39 Å². The zero-order chi connectivity index (χ0) is 18.0. The van der Waals surface area contributed by atoms with E-state index in [4.69, 9.17) is 9.47 Å². The van der Waals surface area contributed by atoms with Gasteiger partial charge in [0.2, 0.25) is 0 Å². The van der Waals surface area contributed by atoms with Crippen LogP contribution in [0, 0.1) is 5.92 Å². The maximum atomic E-state index is 5.74. The number of rotatable bonds is 9. The lowest BCUT2D eigenvalue weighted by molar-refractivity contribution is 0.0888. The fourth-order valence-corrected chi connectivity index (χ4v) is 3.07. The molecule has 3 N–H and O–H groups in total. The van der Waals surface area contributed by atoms with Gasteiger partial charge in [-0.1, -0.05) is 18.2 Å². The molecule has 0 saturated carbocycles. The number of nitrogens with one attached hydrogen (secondary N) is 3. The van der Waals surface area contributed by atoms with Crippen molar-refractivity contribution >= 4 is 40.8 Å². The Morgan fingerprint density at radius 1 is 1.33 bits per heavy atom. The van der Waals surface area contributed by atoms with Crippen LogP contribution in [0.25, 0.3) is 10.9 Å². The molecule has 27 heavy (non-hydrogen) atoms. The fourth-order valence-electron chi connectivity index (χ4n) is 3.07. The summed E-state index contributed by atoms with van der Waals surface area (Å²) < 4.78 is 11.1. The van der Waals surface area contributed by atoms with Gasteiger partial charge in [0.05, 0.1) is 19.8 Å². The summed E-state index contributed by atoms with van der Waals surface area (Å²) in [4.78, 5) is 8.08. The number of para-hydroxylation sites is 1. The highest BCUT2D eigenvalue weighted by Crippen LogP contribution is 2.15. The first-order chi connectivity index (χ1) is 12.8. The minimum Gasteiger partial charge on any atom is -0.381 e. The van der Waals surface area contributed by atoms with Crippen LogP contribution in [0.1, 0.15) is 25.5 Å². The summed E-state index contributed by atoms with van der Waals surface area (Å²) in [5.74, 6) is 1.42. The van der Waals surface area contributed by atoms with Gasteiger partial charge in [0.25, 0.3) is 0 Å². The Morgan fingerprint density at radius 3 is 3.00 bits per heavy atom. The van der Waals surface area contributed by atoms with E-state index in [1.54, 1.807) is 0 Å². The van der Waals surface area contributed by atoms with Crippen molar-refractivity contribution in [3.05, 3.63) is 36.0 Å². The number of benzene rings is 1. The third-order valence-corrected chi connectivity index (χ3v) is 4.47. The molecule has 0 spiro atoms. The molecular weight excluding hydrogens is 455 g/mol. The van der Waals surface area contributed by atoms with Gasteiger partial charge in [-0.25, -0.2) is 4.99 Å². The van der Waals surface area contributed by atoms with Crippen molar-refractivity contribution in [1.29, 1.82) is 0 Å². The fraction of sp³-hybridized carbons (Fsp3) is 0.550. The predicted octanol–water partition coefficient (Wildman–Crippen LogP) is 3.28. The van der Waals surface area contributed by atoms with E-state index in [9.17, 15) is 0 Å². The van der Waals surface area contributed by atoms with Crippen molar-refractivity contribution in [1.82, 2.24) is 15.6 Å². The van der Waals surface area contributed by atoms with E-state index < -0.39 is 0 Å². The number of guanidine groups is 1. The SMILES string of the molecule is CCNC(=NCc1cc2ccccc2[nH]1)NCCCOCC1CCOC1.I. The normalized spacial score (nSPS) is 17.1. The summed E-state index contributed by atoms with van der Waals surface area (Å²) in [7, 11) is 0. The van der Waals surface area contributed by atoms with Crippen molar-refractivity contribution < 1.29 is 9.47 Å². The molecule has 7 heteroatoms. The zero-order valence-electron chi connectivity index (χ0n) is 16.0. The minimum atomic E-state index is 0. The number of nitrogens with zero attached hydrogens (tertiary/aromatic N) is 1. The summed E-state index contributed by atoms with van der Waals surface area (Å²) in [5.41, 5.74) is 2.27. The number of aromatic amines is 1. The molecule has 0 aliphatic carbocycles. The lowest BCUT2D eigenvalue weighted by Gasteiger charge is -2.12. The van der Waals surface area contributed by atoms with Gasteiger partial charge < -0.3 is 25.1 Å². The third-order valence-electron chi connectivity index (χ3n) is 4.47. The molecule has 0 bridgehead atoms. The first kappa shape index (κ1) is 22.0. The molecule has 2 aromatic rings. The number of hydrogen-bond donors (Lipinski definition) is 3. The Kier molecular flexibility index (Phi) is 9.93.